The summed E-state index contributed by atoms with van der Waals surface area (Å²) in [7, 11) is 0. The summed E-state index contributed by atoms with van der Waals surface area (Å²) in [5, 5.41) is 10.8. The predicted molar refractivity (Wildman–Crippen MR) is 91.3 cm³/mol. The summed E-state index contributed by atoms with van der Waals surface area (Å²) in [5.41, 5.74) is 4.53. The van der Waals surface area contributed by atoms with Crippen LogP contribution in [0.15, 0.2) is 43.1 Å². The van der Waals surface area contributed by atoms with Gasteiger partial charge in [-0.2, -0.15) is 0 Å². The highest BCUT2D eigenvalue weighted by Crippen LogP contribution is 2.47. The van der Waals surface area contributed by atoms with Crippen molar-refractivity contribution in [3.63, 3.8) is 0 Å². The zero-order valence-electron chi connectivity index (χ0n) is 13.2. The van der Waals surface area contributed by atoms with Crippen LogP contribution in [0.2, 0.25) is 0 Å². The number of aromatic nitrogens is 1. The number of carboxylic acids is 1. The van der Waals surface area contributed by atoms with Crippen molar-refractivity contribution in [1.82, 2.24) is 9.88 Å². The topological polar surface area (TPSA) is 56.3 Å². The van der Waals surface area contributed by atoms with Crippen molar-refractivity contribution < 1.29 is 9.90 Å². The first-order valence-electron chi connectivity index (χ1n) is 7.95. The Morgan fingerprint density at radius 1 is 1.57 bits per heavy atom. The third-order valence-corrected chi connectivity index (χ3v) is 5.34. The highest BCUT2D eigenvalue weighted by Gasteiger charge is 2.45. The summed E-state index contributed by atoms with van der Waals surface area (Å²) < 4.78 is 0. The van der Waals surface area contributed by atoms with Gasteiger partial charge in [0.15, 0.2) is 0 Å². The maximum Gasteiger partial charge on any atom is 0.311 e. The number of hydrogen-bond acceptors (Lipinski definition) is 2. The van der Waals surface area contributed by atoms with Crippen molar-refractivity contribution in [2.24, 2.45) is 5.92 Å². The maximum atomic E-state index is 11.6. The Labute approximate surface area is 135 Å². The van der Waals surface area contributed by atoms with E-state index in [0.29, 0.717) is 13.1 Å². The van der Waals surface area contributed by atoms with E-state index in [1.165, 1.54) is 10.9 Å². The lowest BCUT2D eigenvalue weighted by molar-refractivity contribution is -0.141. The van der Waals surface area contributed by atoms with Crippen LogP contribution in [0.25, 0.3) is 16.5 Å². The number of rotatable bonds is 3. The number of carbonyl (C=O) groups is 1. The Hall–Kier alpha value is -2.33. The second-order valence-corrected chi connectivity index (χ2v) is 6.71. The summed E-state index contributed by atoms with van der Waals surface area (Å²) in [6, 6.07) is 6.22. The zero-order valence-corrected chi connectivity index (χ0v) is 13.2. The monoisotopic (exact) mass is 308 g/mol. The molecule has 2 aromatic rings. The zero-order chi connectivity index (χ0) is 16.2. The summed E-state index contributed by atoms with van der Waals surface area (Å²) >= 11 is 0. The molecule has 0 fully saturated rings. The van der Waals surface area contributed by atoms with Crippen molar-refractivity contribution in [3.05, 3.63) is 54.3 Å². The number of nitrogens with one attached hydrogen (secondary N) is 1. The molecule has 4 rings (SSSR count). The number of aromatic amines is 1. The first-order chi connectivity index (χ1) is 11.0. The van der Waals surface area contributed by atoms with E-state index in [4.69, 9.17) is 0 Å². The van der Waals surface area contributed by atoms with E-state index in [2.05, 4.69) is 41.7 Å². The van der Waals surface area contributed by atoms with Crippen molar-refractivity contribution >= 4 is 22.4 Å². The number of H-pyrrole nitrogens is 1. The Bertz CT molecular complexity index is 848. The van der Waals surface area contributed by atoms with E-state index >= 15 is 0 Å². The fourth-order valence-corrected chi connectivity index (χ4v) is 4.20. The molecule has 4 heteroatoms. The van der Waals surface area contributed by atoms with Crippen LogP contribution in [-0.2, 0) is 11.2 Å². The van der Waals surface area contributed by atoms with Gasteiger partial charge in [0.05, 0.1) is 5.92 Å². The SMILES string of the molecule is C=CCN1CC(C(=O)O)C=C2c3cccc4[nH]cc(c34)CC21C. The fourth-order valence-electron chi connectivity index (χ4n) is 4.20. The molecular formula is C19H20N2O2. The van der Waals surface area contributed by atoms with Gasteiger partial charge in [-0.25, -0.2) is 0 Å². The number of carboxylic acid groups (broad SMARTS) is 1. The van der Waals surface area contributed by atoms with Crippen LogP contribution in [0, 0.1) is 5.92 Å². The van der Waals surface area contributed by atoms with E-state index in [-0.39, 0.29) is 5.54 Å². The molecule has 1 aliphatic heterocycles. The molecule has 2 heterocycles. The summed E-state index contributed by atoms with van der Waals surface area (Å²) in [4.78, 5) is 17.2. The summed E-state index contributed by atoms with van der Waals surface area (Å²) in [5.74, 6) is -1.24. The molecule has 1 aliphatic carbocycles. The van der Waals surface area contributed by atoms with Crippen LogP contribution in [0.5, 0.6) is 0 Å². The first kappa shape index (κ1) is 14.3. The van der Waals surface area contributed by atoms with Crippen LogP contribution in [-0.4, -0.2) is 39.6 Å². The second-order valence-electron chi connectivity index (χ2n) is 6.71. The Morgan fingerprint density at radius 3 is 3.13 bits per heavy atom. The van der Waals surface area contributed by atoms with Gasteiger partial charge in [-0.15, -0.1) is 6.58 Å². The molecule has 0 saturated heterocycles. The quantitative estimate of drug-likeness (QED) is 0.857. The second kappa shape index (κ2) is 4.83. The van der Waals surface area contributed by atoms with Crippen molar-refractivity contribution in [1.29, 1.82) is 0 Å². The maximum absolute atomic E-state index is 11.6. The average molecular weight is 308 g/mol. The minimum Gasteiger partial charge on any atom is -0.481 e. The van der Waals surface area contributed by atoms with E-state index in [1.807, 2.05) is 18.2 Å². The molecular weight excluding hydrogens is 288 g/mol. The van der Waals surface area contributed by atoms with E-state index in [9.17, 15) is 9.90 Å². The molecule has 1 aromatic carbocycles. The third kappa shape index (κ3) is 1.91. The van der Waals surface area contributed by atoms with Crippen LogP contribution < -0.4 is 0 Å². The molecule has 2 N–H and O–H groups in total. The van der Waals surface area contributed by atoms with Gasteiger partial charge in [0.2, 0.25) is 0 Å². The smallest absolute Gasteiger partial charge is 0.311 e. The van der Waals surface area contributed by atoms with Crippen molar-refractivity contribution in [2.75, 3.05) is 13.1 Å². The average Bonchev–Trinajstić information content (AvgIpc) is 2.92. The summed E-state index contributed by atoms with van der Waals surface area (Å²) in [6.07, 6.45) is 6.80. The number of fused-ring (bicyclic) bond motifs is 2. The predicted octanol–water partition coefficient (Wildman–Crippen LogP) is 3.07. The van der Waals surface area contributed by atoms with Gasteiger partial charge in [0.1, 0.15) is 0 Å². The van der Waals surface area contributed by atoms with E-state index in [1.54, 1.807) is 0 Å². The normalized spacial score (nSPS) is 26.7. The lowest BCUT2D eigenvalue weighted by Crippen LogP contribution is -2.55. The minimum absolute atomic E-state index is 0.191. The van der Waals surface area contributed by atoms with Crippen molar-refractivity contribution in [2.45, 2.75) is 18.9 Å². The van der Waals surface area contributed by atoms with Gasteiger partial charge < -0.3 is 10.1 Å². The molecule has 0 spiro atoms. The number of aliphatic carboxylic acids is 1. The molecule has 4 nitrogen and oxygen atoms in total. The van der Waals surface area contributed by atoms with E-state index < -0.39 is 11.9 Å². The molecule has 0 radical (unpaired) electrons. The molecule has 0 saturated carbocycles. The number of nitrogens with zero attached hydrogens (tertiary/aromatic N) is 1. The lowest BCUT2D eigenvalue weighted by Gasteiger charge is -2.49. The largest absolute Gasteiger partial charge is 0.481 e. The van der Waals surface area contributed by atoms with Gasteiger partial charge in [-0.05, 0) is 36.1 Å². The van der Waals surface area contributed by atoms with Crippen molar-refractivity contribution in [3.8, 4) is 0 Å². The van der Waals surface area contributed by atoms with Crippen LogP contribution in [0.3, 0.4) is 0 Å². The first-order valence-corrected chi connectivity index (χ1v) is 7.95. The Balaban J connectivity index is 1.97. The molecule has 0 bridgehead atoms. The highest BCUT2D eigenvalue weighted by atomic mass is 16.4. The van der Waals surface area contributed by atoms with Gasteiger partial charge in [-0.1, -0.05) is 24.3 Å². The summed E-state index contributed by atoms with van der Waals surface area (Å²) in [6.45, 7) is 7.28. The standard InChI is InChI=1S/C19H20N2O2/c1-3-7-21-11-12(18(22)23)8-15-14-5-4-6-16-17(14)13(10-20-16)9-19(15,21)2/h3-6,8,10,12,20H,1,7,9,11H2,2H3,(H,22,23). The number of hydrogen-bond donors (Lipinski definition) is 2. The van der Waals surface area contributed by atoms with Gasteiger partial charge in [0.25, 0.3) is 0 Å². The van der Waals surface area contributed by atoms with Crippen LogP contribution >= 0.6 is 0 Å². The van der Waals surface area contributed by atoms with Gasteiger partial charge in [-0.3, -0.25) is 9.69 Å². The Kier molecular flexibility index (Phi) is 3.00. The molecule has 2 unspecified atom stereocenters. The molecule has 2 atom stereocenters. The van der Waals surface area contributed by atoms with Gasteiger partial charge >= 0.3 is 5.97 Å². The fraction of sp³-hybridized carbons (Fsp3) is 0.316. The lowest BCUT2D eigenvalue weighted by atomic mass is 9.71. The van der Waals surface area contributed by atoms with Gasteiger partial charge in [0, 0.05) is 35.7 Å². The minimum atomic E-state index is -0.763. The number of benzene rings is 1. The molecule has 118 valence electrons. The Morgan fingerprint density at radius 2 is 2.39 bits per heavy atom. The molecule has 0 amide bonds. The molecule has 2 aliphatic rings. The molecule has 23 heavy (non-hydrogen) atoms. The van der Waals surface area contributed by atoms with Crippen LogP contribution in [0.4, 0.5) is 0 Å². The third-order valence-electron chi connectivity index (χ3n) is 5.34. The van der Waals surface area contributed by atoms with Crippen LogP contribution in [0.1, 0.15) is 18.1 Å². The highest BCUT2D eigenvalue weighted by molar-refractivity contribution is 6.00. The van der Waals surface area contributed by atoms with E-state index in [0.717, 1.165) is 23.1 Å². The molecule has 1 aromatic heterocycles.